The van der Waals surface area contributed by atoms with E-state index >= 15 is 0 Å². The van der Waals surface area contributed by atoms with Gasteiger partial charge in [-0.25, -0.2) is 0 Å². The molecule has 50 heavy (non-hydrogen) atoms. The van der Waals surface area contributed by atoms with Crippen molar-refractivity contribution in [1.82, 2.24) is 0 Å². The van der Waals surface area contributed by atoms with Gasteiger partial charge in [0.15, 0.2) is 0 Å². The standard InChI is InChI=1S/C49H39N/c1-49(2)47-20-12-11-19-44(47)45-30-28-42(33-48(45)49)50(40-25-23-35(24-26-40)39-22-21-34-13-9-10-18-38(34)31-39)41-27-29-43(36-14-5-3-6-15-36)46(32-41)37-16-7-4-8-17-37/h3-31,33,41H,32H2,1-2H3. The van der Waals surface area contributed by atoms with Crippen LogP contribution in [0.2, 0.25) is 0 Å². The van der Waals surface area contributed by atoms with E-state index in [1.165, 1.54) is 77.8 Å². The lowest BCUT2D eigenvalue weighted by Crippen LogP contribution is -2.31. The molecule has 1 atom stereocenters. The van der Waals surface area contributed by atoms with Crippen LogP contribution in [-0.4, -0.2) is 6.04 Å². The van der Waals surface area contributed by atoms with Crippen LogP contribution in [0.5, 0.6) is 0 Å². The van der Waals surface area contributed by atoms with Crippen LogP contribution in [0.3, 0.4) is 0 Å². The lowest BCUT2D eigenvalue weighted by molar-refractivity contribution is 0.659. The molecule has 1 unspecified atom stereocenters. The van der Waals surface area contributed by atoms with Crippen molar-refractivity contribution in [2.45, 2.75) is 31.7 Å². The largest absolute Gasteiger partial charge is 0.334 e. The van der Waals surface area contributed by atoms with Crippen molar-refractivity contribution < 1.29 is 0 Å². The number of anilines is 2. The Hall–Kier alpha value is -5.92. The third-order valence-electron chi connectivity index (χ3n) is 10.8. The highest BCUT2D eigenvalue weighted by molar-refractivity contribution is 5.97. The Bertz CT molecular complexity index is 2410. The number of fused-ring (bicyclic) bond motifs is 4. The van der Waals surface area contributed by atoms with Gasteiger partial charge < -0.3 is 4.90 Å². The summed E-state index contributed by atoms with van der Waals surface area (Å²) in [5.74, 6) is 0. The summed E-state index contributed by atoms with van der Waals surface area (Å²) in [4.78, 5) is 2.56. The van der Waals surface area contributed by atoms with Gasteiger partial charge in [0.1, 0.15) is 0 Å². The van der Waals surface area contributed by atoms with Gasteiger partial charge in [-0.3, -0.25) is 0 Å². The van der Waals surface area contributed by atoms with Gasteiger partial charge in [-0.05, 0) is 103 Å². The first-order valence-corrected chi connectivity index (χ1v) is 17.7. The molecule has 0 saturated heterocycles. The topological polar surface area (TPSA) is 3.24 Å². The lowest BCUT2D eigenvalue weighted by Gasteiger charge is -2.36. The maximum absolute atomic E-state index is 2.56. The molecule has 2 aliphatic carbocycles. The highest BCUT2D eigenvalue weighted by atomic mass is 15.2. The average Bonchev–Trinajstić information content (AvgIpc) is 3.41. The van der Waals surface area contributed by atoms with E-state index in [1.54, 1.807) is 0 Å². The van der Waals surface area contributed by atoms with E-state index in [-0.39, 0.29) is 11.5 Å². The molecule has 0 bridgehead atoms. The van der Waals surface area contributed by atoms with Gasteiger partial charge in [-0.2, -0.15) is 0 Å². The molecule has 9 rings (SSSR count). The van der Waals surface area contributed by atoms with Crippen LogP contribution in [0.25, 0.3) is 44.2 Å². The van der Waals surface area contributed by atoms with Crippen molar-refractivity contribution in [3.63, 3.8) is 0 Å². The molecule has 0 N–H and O–H groups in total. The molecular formula is C49H39N. The molecule has 0 radical (unpaired) electrons. The van der Waals surface area contributed by atoms with E-state index in [0.29, 0.717) is 0 Å². The molecule has 7 aromatic carbocycles. The number of hydrogen-bond donors (Lipinski definition) is 0. The normalized spacial score (nSPS) is 15.9. The molecule has 0 aliphatic heterocycles. The fourth-order valence-corrected chi connectivity index (χ4v) is 8.23. The maximum Gasteiger partial charge on any atom is 0.0566 e. The van der Waals surface area contributed by atoms with E-state index in [9.17, 15) is 0 Å². The van der Waals surface area contributed by atoms with Crippen LogP contribution in [0.1, 0.15) is 42.5 Å². The van der Waals surface area contributed by atoms with E-state index in [2.05, 4.69) is 201 Å². The molecule has 2 aliphatic rings. The molecule has 0 fully saturated rings. The fourth-order valence-electron chi connectivity index (χ4n) is 8.23. The first kappa shape index (κ1) is 30.2. The molecule has 7 aromatic rings. The Labute approximate surface area is 295 Å². The van der Waals surface area contributed by atoms with E-state index < -0.39 is 0 Å². The Morgan fingerprint density at radius 3 is 1.88 bits per heavy atom. The quantitative estimate of drug-likeness (QED) is 0.175. The third kappa shape index (κ3) is 5.18. The zero-order valence-corrected chi connectivity index (χ0v) is 28.6. The van der Waals surface area contributed by atoms with Crippen LogP contribution in [0, 0.1) is 0 Å². The van der Waals surface area contributed by atoms with Gasteiger partial charge in [0.05, 0.1) is 6.04 Å². The molecule has 0 heterocycles. The Balaban J connectivity index is 1.16. The van der Waals surface area contributed by atoms with Crippen molar-refractivity contribution >= 4 is 33.3 Å². The van der Waals surface area contributed by atoms with Crippen molar-refractivity contribution in [2.75, 3.05) is 4.90 Å². The second-order valence-electron chi connectivity index (χ2n) is 14.1. The van der Waals surface area contributed by atoms with Gasteiger partial charge >= 0.3 is 0 Å². The Kier molecular flexibility index (Phi) is 7.36. The summed E-state index contributed by atoms with van der Waals surface area (Å²) in [6, 6.07) is 62.5. The van der Waals surface area contributed by atoms with Crippen LogP contribution >= 0.6 is 0 Å². The third-order valence-corrected chi connectivity index (χ3v) is 10.8. The van der Waals surface area contributed by atoms with Crippen LogP contribution in [0.4, 0.5) is 11.4 Å². The van der Waals surface area contributed by atoms with Gasteiger partial charge in [-0.1, -0.05) is 166 Å². The number of nitrogens with zero attached hydrogens (tertiary/aromatic N) is 1. The van der Waals surface area contributed by atoms with Crippen molar-refractivity contribution in [2.24, 2.45) is 0 Å². The smallest absolute Gasteiger partial charge is 0.0566 e. The van der Waals surface area contributed by atoms with Crippen LogP contribution in [-0.2, 0) is 5.41 Å². The maximum atomic E-state index is 2.56. The van der Waals surface area contributed by atoms with Crippen molar-refractivity contribution in [3.05, 3.63) is 204 Å². The van der Waals surface area contributed by atoms with Gasteiger partial charge in [0.2, 0.25) is 0 Å². The molecule has 1 nitrogen and oxygen atoms in total. The predicted molar refractivity (Wildman–Crippen MR) is 213 cm³/mol. The summed E-state index contributed by atoms with van der Waals surface area (Å²) >= 11 is 0. The highest BCUT2D eigenvalue weighted by Crippen LogP contribution is 2.50. The summed E-state index contributed by atoms with van der Waals surface area (Å²) < 4.78 is 0. The molecule has 0 aromatic heterocycles. The minimum atomic E-state index is -0.0778. The van der Waals surface area contributed by atoms with Gasteiger partial charge in [-0.15, -0.1) is 0 Å². The Morgan fingerprint density at radius 1 is 0.480 bits per heavy atom. The second kappa shape index (κ2) is 12.2. The zero-order chi connectivity index (χ0) is 33.7. The van der Waals surface area contributed by atoms with E-state index in [4.69, 9.17) is 0 Å². The number of hydrogen-bond acceptors (Lipinski definition) is 1. The minimum Gasteiger partial charge on any atom is -0.334 e. The molecule has 0 spiro atoms. The summed E-state index contributed by atoms with van der Waals surface area (Å²) in [6.45, 7) is 4.74. The first-order chi connectivity index (χ1) is 24.5. The summed E-state index contributed by atoms with van der Waals surface area (Å²) in [6.07, 6.45) is 5.66. The first-order valence-electron chi connectivity index (χ1n) is 17.7. The summed E-state index contributed by atoms with van der Waals surface area (Å²) in [7, 11) is 0. The zero-order valence-electron chi connectivity index (χ0n) is 28.6. The molecular weight excluding hydrogens is 603 g/mol. The highest BCUT2D eigenvalue weighted by Gasteiger charge is 2.36. The number of benzene rings is 7. The van der Waals surface area contributed by atoms with E-state index in [1.807, 2.05) is 0 Å². The van der Waals surface area contributed by atoms with Gasteiger partial charge in [0, 0.05) is 16.8 Å². The van der Waals surface area contributed by atoms with E-state index in [0.717, 1.165) is 6.42 Å². The summed E-state index contributed by atoms with van der Waals surface area (Å²) in [5.41, 5.74) is 15.5. The molecule has 0 saturated carbocycles. The lowest BCUT2D eigenvalue weighted by atomic mass is 9.82. The second-order valence-corrected chi connectivity index (χ2v) is 14.1. The Morgan fingerprint density at radius 2 is 1.10 bits per heavy atom. The monoisotopic (exact) mass is 641 g/mol. The van der Waals surface area contributed by atoms with Crippen LogP contribution < -0.4 is 4.90 Å². The minimum absolute atomic E-state index is 0.0778. The molecule has 0 amide bonds. The number of rotatable bonds is 6. The fraction of sp³-hybridized carbons (Fsp3) is 0.102. The van der Waals surface area contributed by atoms with Crippen molar-refractivity contribution in [3.8, 4) is 22.3 Å². The summed E-state index contributed by atoms with van der Waals surface area (Å²) in [5, 5.41) is 2.53. The molecule has 1 heteroatoms. The molecule has 240 valence electrons. The van der Waals surface area contributed by atoms with Gasteiger partial charge in [0.25, 0.3) is 0 Å². The van der Waals surface area contributed by atoms with Crippen molar-refractivity contribution in [1.29, 1.82) is 0 Å². The average molecular weight is 642 g/mol. The van der Waals surface area contributed by atoms with Crippen LogP contribution in [0.15, 0.2) is 182 Å². The SMILES string of the molecule is CC1(C)c2ccccc2-c2ccc(N(c3ccc(-c4ccc5ccccc5c4)cc3)C3C=CC(c4ccccc4)=C(c4ccccc4)C3)cc21. The number of allylic oxidation sites excluding steroid dienone is 2. The predicted octanol–water partition coefficient (Wildman–Crippen LogP) is 12.9.